The molecule has 6 heteroatoms. The number of nitrogens with zero attached hydrogens (tertiary/aromatic N) is 1. The molecule has 102 valence electrons. The number of carbonyl (C=O) groups is 2. The number of halogens is 1. The van der Waals surface area contributed by atoms with E-state index in [0.29, 0.717) is 6.54 Å². The maximum Gasteiger partial charge on any atom is 0.254 e. The molecule has 2 amide bonds. The van der Waals surface area contributed by atoms with E-state index in [-0.39, 0.29) is 16.9 Å². The third-order valence-electron chi connectivity index (χ3n) is 2.77. The number of aromatic nitrogens is 1. The van der Waals surface area contributed by atoms with Crippen molar-refractivity contribution in [3.05, 3.63) is 65.2 Å². The number of carbonyl (C=O) groups excluding carboxylic acids is 2. The molecule has 2 aromatic rings. The Balaban J connectivity index is 2.37. The predicted molar refractivity (Wildman–Crippen MR) is 69.2 cm³/mol. The number of benzene rings is 1. The monoisotopic (exact) mass is 274 g/mol. The minimum Gasteiger partial charge on any atom is -0.365 e. The standard InChI is InChI=1S/C14H12FN3O2/c15-12-3-1-9(2-4-12)6-18-7-10(13(16)19)5-11(8-18)14(17)20/h1-5,7-8H,6H2,(H3-,16,17,19,20)/p+1. The van der Waals surface area contributed by atoms with E-state index in [4.69, 9.17) is 11.5 Å². The summed E-state index contributed by atoms with van der Waals surface area (Å²) in [5.41, 5.74) is 11.6. The molecule has 1 heterocycles. The fourth-order valence-electron chi connectivity index (χ4n) is 1.80. The Kier molecular flexibility index (Phi) is 3.74. The van der Waals surface area contributed by atoms with Crippen molar-refractivity contribution in [2.45, 2.75) is 6.54 Å². The molecule has 0 bridgehead atoms. The van der Waals surface area contributed by atoms with Crippen LogP contribution >= 0.6 is 0 Å². The summed E-state index contributed by atoms with van der Waals surface area (Å²) >= 11 is 0. The average Bonchev–Trinajstić information content (AvgIpc) is 2.41. The Morgan fingerprint density at radius 2 is 1.50 bits per heavy atom. The Labute approximate surface area is 114 Å². The largest absolute Gasteiger partial charge is 0.365 e. The minimum absolute atomic E-state index is 0.184. The topological polar surface area (TPSA) is 90.1 Å². The van der Waals surface area contributed by atoms with Gasteiger partial charge in [0.1, 0.15) is 16.9 Å². The SMILES string of the molecule is NC(=O)c1cc(C(N)=O)c[n+](Cc2ccc(F)cc2)c1. The van der Waals surface area contributed by atoms with Gasteiger partial charge in [0.15, 0.2) is 18.9 Å². The summed E-state index contributed by atoms with van der Waals surface area (Å²) in [6, 6.07) is 7.24. The van der Waals surface area contributed by atoms with E-state index in [9.17, 15) is 14.0 Å². The van der Waals surface area contributed by atoms with Crippen LogP contribution in [0.5, 0.6) is 0 Å². The first-order chi connectivity index (χ1) is 9.45. The Morgan fingerprint density at radius 1 is 1.00 bits per heavy atom. The van der Waals surface area contributed by atoms with Crippen molar-refractivity contribution in [3.8, 4) is 0 Å². The number of nitrogens with two attached hydrogens (primary N) is 2. The van der Waals surface area contributed by atoms with Gasteiger partial charge in [-0.15, -0.1) is 0 Å². The summed E-state index contributed by atoms with van der Waals surface area (Å²) in [5.74, 6) is -1.63. The molecule has 1 aromatic heterocycles. The highest BCUT2D eigenvalue weighted by Crippen LogP contribution is 2.04. The van der Waals surface area contributed by atoms with Crippen LogP contribution in [0.15, 0.2) is 42.7 Å². The Bertz CT molecular complexity index is 636. The molecule has 4 N–H and O–H groups in total. The van der Waals surface area contributed by atoms with Crippen molar-refractivity contribution in [2.24, 2.45) is 11.5 Å². The summed E-state index contributed by atoms with van der Waals surface area (Å²) in [7, 11) is 0. The van der Waals surface area contributed by atoms with Gasteiger partial charge in [0.05, 0.1) is 0 Å². The summed E-state index contributed by atoms with van der Waals surface area (Å²) in [6.45, 7) is 0.363. The first kappa shape index (κ1) is 13.7. The number of amides is 2. The number of hydrogen-bond acceptors (Lipinski definition) is 2. The van der Waals surface area contributed by atoms with Gasteiger partial charge in [0.25, 0.3) is 11.8 Å². The molecular formula is C14H13FN3O2+. The molecule has 0 aliphatic rings. The maximum atomic E-state index is 12.8. The van der Waals surface area contributed by atoms with Crippen LogP contribution in [0.1, 0.15) is 26.3 Å². The van der Waals surface area contributed by atoms with Gasteiger partial charge in [0, 0.05) is 5.56 Å². The van der Waals surface area contributed by atoms with Gasteiger partial charge in [-0.25, -0.2) is 4.39 Å². The molecule has 0 unspecified atom stereocenters. The maximum absolute atomic E-state index is 12.8. The summed E-state index contributed by atoms with van der Waals surface area (Å²) in [6.07, 6.45) is 3.02. The minimum atomic E-state index is -0.652. The normalized spacial score (nSPS) is 10.2. The van der Waals surface area contributed by atoms with Crippen LogP contribution in [0.25, 0.3) is 0 Å². The van der Waals surface area contributed by atoms with Crippen LogP contribution in [0, 0.1) is 5.82 Å². The van der Waals surface area contributed by atoms with Crippen LogP contribution in [-0.2, 0) is 6.54 Å². The summed E-state index contributed by atoms with van der Waals surface area (Å²) in [5, 5.41) is 0. The van der Waals surface area contributed by atoms with Gasteiger partial charge in [-0.05, 0) is 30.3 Å². The second-order valence-electron chi connectivity index (χ2n) is 4.34. The van der Waals surface area contributed by atoms with Gasteiger partial charge in [-0.3, -0.25) is 9.59 Å². The molecule has 1 aromatic carbocycles. The highest BCUT2D eigenvalue weighted by molar-refractivity contribution is 5.97. The second kappa shape index (κ2) is 5.48. The van der Waals surface area contributed by atoms with Gasteiger partial charge < -0.3 is 11.5 Å². The summed E-state index contributed by atoms with van der Waals surface area (Å²) < 4.78 is 14.4. The molecule has 0 radical (unpaired) electrons. The van der Waals surface area contributed by atoms with E-state index in [2.05, 4.69) is 0 Å². The molecule has 5 nitrogen and oxygen atoms in total. The lowest BCUT2D eigenvalue weighted by Crippen LogP contribution is -2.37. The van der Waals surface area contributed by atoms with Crippen molar-refractivity contribution in [1.29, 1.82) is 0 Å². The lowest BCUT2D eigenvalue weighted by molar-refractivity contribution is -0.688. The van der Waals surface area contributed by atoms with E-state index in [1.54, 1.807) is 16.7 Å². The fourth-order valence-corrected chi connectivity index (χ4v) is 1.80. The lowest BCUT2D eigenvalue weighted by atomic mass is 10.1. The Morgan fingerprint density at radius 3 is 1.95 bits per heavy atom. The van der Waals surface area contributed by atoms with Crippen molar-refractivity contribution in [1.82, 2.24) is 0 Å². The van der Waals surface area contributed by atoms with Crippen molar-refractivity contribution in [3.63, 3.8) is 0 Å². The molecule has 0 saturated heterocycles. The molecule has 0 atom stereocenters. The zero-order valence-electron chi connectivity index (χ0n) is 10.5. The van der Waals surface area contributed by atoms with Gasteiger partial charge in [-0.1, -0.05) is 0 Å². The van der Waals surface area contributed by atoms with E-state index < -0.39 is 11.8 Å². The van der Waals surface area contributed by atoms with Gasteiger partial charge in [-0.2, -0.15) is 4.57 Å². The molecular weight excluding hydrogens is 261 g/mol. The zero-order chi connectivity index (χ0) is 14.7. The molecule has 0 fully saturated rings. The van der Waals surface area contributed by atoms with Gasteiger partial charge in [0.2, 0.25) is 0 Å². The number of hydrogen-bond donors (Lipinski definition) is 2. The van der Waals surface area contributed by atoms with E-state index in [1.165, 1.54) is 30.6 Å². The van der Waals surface area contributed by atoms with Crippen molar-refractivity contribution < 1.29 is 18.5 Å². The third kappa shape index (κ3) is 3.17. The lowest BCUT2D eigenvalue weighted by Gasteiger charge is -2.02. The fraction of sp³-hybridized carbons (Fsp3) is 0.0714. The quantitative estimate of drug-likeness (QED) is 0.788. The second-order valence-corrected chi connectivity index (χ2v) is 4.34. The molecule has 0 saturated carbocycles. The first-order valence-electron chi connectivity index (χ1n) is 5.84. The predicted octanol–water partition coefficient (Wildman–Crippen LogP) is 0.359. The van der Waals surface area contributed by atoms with E-state index >= 15 is 0 Å². The van der Waals surface area contributed by atoms with Crippen LogP contribution in [0.3, 0.4) is 0 Å². The molecule has 2 rings (SSSR count). The van der Waals surface area contributed by atoms with Crippen LogP contribution < -0.4 is 16.0 Å². The van der Waals surface area contributed by atoms with Crippen LogP contribution in [-0.4, -0.2) is 11.8 Å². The van der Waals surface area contributed by atoms with Crippen LogP contribution in [0.4, 0.5) is 4.39 Å². The molecule has 20 heavy (non-hydrogen) atoms. The number of pyridine rings is 1. The first-order valence-corrected chi connectivity index (χ1v) is 5.84. The molecule has 0 aliphatic heterocycles. The average molecular weight is 274 g/mol. The smallest absolute Gasteiger partial charge is 0.254 e. The molecule has 0 spiro atoms. The highest BCUT2D eigenvalue weighted by atomic mass is 19.1. The summed E-state index contributed by atoms with van der Waals surface area (Å²) in [4.78, 5) is 22.5. The van der Waals surface area contributed by atoms with E-state index in [1.807, 2.05) is 0 Å². The third-order valence-corrected chi connectivity index (χ3v) is 2.77. The number of rotatable bonds is 4. The molecule has 0 aliphatic carbocycles. The number of primary amides is 2. The van der Waals surface area contributed by atoms with Crippen molar-refractivity contribution >= 4 is 11.8 Å². The zero-order valence-corrected chi connectivity index (χ0v) is 10.5. The highest BCUT2D eigenvalue weighted by Gasteiger charge is 2.15. The van der Waals surface area contributed by atoms with E-state index in [0.717, 1.165) is 5.56 Å². The van der Waals surface area contributed by atoms with Gasteiger partial charge >= 0.3 is 0 Å². The Hall–Kier alpha value is -2.76. The van der Waals surface area contributed by atoms with Crippen LogP contribution in [0.2, 0.25) is 0 Å². The van der Waals surface area contributed by atoms with Crippen molar-refractivity contribution in [2.75, 3.05) is 0 Å².